The second kappa shape index (κ2) is 7.77. The lowest BCUT2D eigenvalue weighted by atomic mass is 9.97. The van der Waals surface area contributed by atoms with E-state index in [4.69, 9.17) is 22.3 Å². The van der Waals surface area contributed by atoms with Gasteiger partial charge in [0.05, 0.1) is 15.2 Å². The van der Waals surface area contributed by atoms with E-state index < -0.39 is 6.03 Å². The molecular formula is C20H19ClN4O2S. The molecule has 0 radical (unpaired) electrons. The number of nitrogens with two attached hydrogens (primary N) is 1. The zero-order valence-electron chi connectivity index (χ0n) is 15.0. The van der Waals surface area contributed by atoms with Crippen molar-refractivity contribution < 1.29 is 9.59 Å². The number of fused-ring (bicyclic) bond motifs is 1. The highest BCUT2D eigenvalue weighted by atomic mass is 35.5. The summed E-state index contributed by atoms with van der Waals surface area (Å²) in [4.78, 5) is 30.2. The summed E-state index contributed by atoms with van der Waals surface area (Å²) in [5, 5.41) is 4.30. The van der Waals surface area contributed by atoms with Crippen molar-refractivity contribution in [2.75, 3.05) is 18.4 Å². The van der Waals surface area contributed by atoms with Crippen LogP contribution in [0.4, 0.5) is 10.5 Å². The monoisotopic (exact) mass is 414 g/mol. The van der Waals surface area contributed by atoms with Gasteiger partial charge in [0.25, 0.3) is 5.91 Å². The number of thiazole rings is 1. The van der Waals surface area contributed by atoms with Crippen LogP contribution in [0.3, 0.4) is 0 Å². The Morgan fingerprint density at radius 3 is 2.54 bits per heavy atom. The van der Waals surface area contributed by atoms with Crippen molar-refractivity contribution in [1.82, 2.24) is 9.88 Å². The minimum absolute atomic E-state index is 0.000145. The average molecular weight is 415 g/mol. The Morgan fingerprint density at radius 1 is 1.14 bits per heavy atom. The van der Waals surface area contributed by atoms with Gasteiger partial charge in [-0.05, 0) is 55.3 Å². The number of carbonyl (C=O) groups excluding carboxylic acids is 2. The van der Waals surface area contributed by atoms with Crippen LogP contribution in [0.2, 0.25) is 5.02 Å². The third-order valence-electron chi connectivity index (χ3n) is 4.90. The predicted molar refractivity (Wildman–Crippen MR) is 112 cm³/mol. The maximum absolute atomic E-state index is 12.7. The van der Waals surface area contributed by atoms with E-state index in [1.54, 1.807) is 35.6 Å². The number of carbonyl (C=O) groups is 2. The summed E-state index contributed by atoms with van der Waals surface area (Å²) in [5.41, 5.74) is 7.20. The minimum atomic E-state index is -0.627. The quantitative estimate of drug-likeness (QED) is 0.663. The van der Waals surface area contributed by atoms with E-state index in [0.29, 0.717) is 35.3 Å². The number of nitrogens with one attached hydrogen (secondary N) is 1. The van der Waals surface area contributed by atoms with Crippen LogP contribution in [0.15, 0.2) is 42.5 Å². The topological polar surface area (TPSA) is 88.3 Å². The summed E-state index contributed by atoms with van der Waals surface area (Å²) in [6.45, 7) is 1.39. The Hall–Kier alpha value is -2.64. The van der Waals surface area contributed by atoms with E-state index in [0.717, 1.165) is 28.1 Å². The van der Waals surface area contributed by atoms with Gasteiger partial charge in [0.15, 0.2) is 0 Å². The summed E-state index contributed by atoms with van der Waals surface area (Å²) in [7, 11) is 0. The van der Waals surface area contributed by atoms with Crippen LogP contribution in [0, 0.1) is 0 Å². The fourth-order valence-electron chi connectivity index (χ4n) is 3.44. The van der Waals surface area contributed by atoms with Crippen LogP contribution in [-0.2, 0) is 0 Å². The molecule has 3 N–H and O–H groups in total. The molecule has 4 rings (SSSR count). The second-order valence-corrected chi connectivity index (χ2v) is 8.30. The summed E-state index contributed by atoms with van der Waals surface area (Å²) < 4.78 is 1.14. The van der Waals surface area contributed by atoms with Crippen LogP contribution in [0.25, 0.3) is 10.2 Å². The van der Waals surface area contributed by atoms with Gasteiger partial charge < -0.3 is 16.0 Å². The van der Waals surface area contributed by atoms with Gasteiger partial charge in [-0.2, -0.15) is 0 Å². The van der Waals surface area contributed by atoms with Crippen molar-refractivity contribution in [3.8, 4) is 0 Å². The van der Waals surface area contributed by atoms with Crippen LogP contribution in [0.5, 0.6) is 0 Å². The molecule has 144 valence electrons. The highest BCUT2D eigenvalue weighted by molar-refractivity contribution is 7.18. The van der Waals surface area contributed by atoms with Crippen LogP contribution >= 0.6 is 22.9 Å². The SMILES string of the molecule is NC(=O)Nc1ccc(C(=O)N2CCC(c3nc4cc(Cl)ccc4s3)CC2)cc1. The number of primary amides is 1. The molecular weight excluding hydrogens is 396 g/mol. The van der Waals surface area contributed by atoms with E-state index in [1.807, 2.05) is 23.1 Å². The first-order valence-electron chi connectivity index (χ1n) is 9.01. The van der Waals surface area contributed by atoms with Crippen LogP contribution < -0.4 is 11.1 Å². The van der Waals surface area contributed by atoms with Gasteiger partial charge in [0.1, 0.15) is 0 Å². The van der Waals surface area contributed by atoms with E-state index in [9.17, 15) is 9.59 Å². The average Bonchev–Trinajstić information content (AvgIpc) is 3.11. The molecule has 1 aliphatic heterocycles. The van der Waals surface area contributed by atoms with Crippen LogP contribution in [-0.4, -0.2) is 34.9 Å². The molecule has 28 heavy (non-hydrogen) atoms. The van der Waals surface area contributed by atoms with Crippen molar-refractivity contribution in [2.24, 2.45) is 5.73 Å². The number of hydrogen-bond acceptors (Lipinski definition) is 4. The molecule has 0 aliphatic carbocycles. The molecule has 3 aromatic rings. The molecule has 8 heteroatoms. The van der Waals surface area contributed by atoms with Gasteiger partial charge in [-0.1, -0.05) is 11.6 Å². The molecule has 1 aromatic heterocycles. The lowest BCUT2D eigenvalue weighted by molar-refractivity contribution is 0.0713. The Bertz CT molecular complexity index is 1030. The number of nitrogens with zero attached hydrogens (tertiary/aromatic N) is 2. The first-order chi connectivity index (χ1) is 13.5. The Labute approximate surface area is 171 Å². The smallest absolute Gasteiger partial charge is 0.316 e. The third-order valence-corrected chi connectivity index (χ3v) is 6.33. The summed E-state index contributed by atoms with van der Waals surface area (Å²) in [6.07, 6.45) is 1.78. The van der Waals surface area contributed by atoms with Crippen molar-refractivity contribution in [3.63, 3.8) is 0 Å². The number of piperidine rings is 1. The molecule has 0 bridgehead atoms. The molecule has 1 aliphatic rings. The van der Waals surface area contributed by atoms with Gasteiger partial charge in [0, 0.05) is 35.3 Å². The summed E-state index contributed by atoms with van der Waals surface area (Å²) in [5.74, 6) is 0.363. The first-order valence-corrected chi connectivity index (χ1v) is 10.2. The number of amides is 3. The molecule has 6 nitrogen and oxygen atoms in total. The molecule has 0 saturated carbocycles. The molecule has 1 fully saturated rings. The maximum Gasteiger partial charge on any atom is 0.316 e. The van der Waals surface area contributed by atoms with E-state index in [1.165, 1.54) is 0 Å². The molecule has 2 heterocycles. The summed E-state index contributed by atoms with van der Waals surface area (Å²) >= 11 is 7.76. The fourth-order valence-corrected chi connectivity index (χ4v) is 4.73. The highest BCUT2D eigenvalue weighted by Crippen LogP contribution is 2.35. The Kier molecular flexibility index (Phi) is 5.19. The lowest BCUT2D eigenvalue weighted by Gasteiger charge is -2.31. The van der Waals surface area contributed by atoms with Crippen molar-refractivity contribution in [2.45, 2.75) is 18.8 Å². The third kappa shape index (κ3) is 3.95. The normalized spacial score (nSPS) is 15.0. The largest absolute Gasteiger partial charge is 0.351 e. The van der Waals surface area contributed by atoms with Crippen molar-refractivity contribution >= 4 is 50.8 Å². The Morgan fingerprint density at radius 2 is 1.86 bits per heavy atom. The van der Waals surface area contributed by atoms with E-state index in [2.05, 4.69) is 5.32 Å². The minimum Gasteiger partial charge on any atom is -0.351 e. The second-order valence-electron chi connectivity index (χ2n) is 6.80. The van der Waals surface area contributed by atoms with Gasteiger partial charge in [-0.25, -0.2) is 9.78 Å². The number of likely N-dealkylation sites (tertiary alicyclic amines) is 1. The van der Waals surface area contributed by atoms with E-state index >= 15 is 0 Å². The molecule has 0 spiro atoms. The molecule has 0 unspecified atom stereocenters. The number of hydrogen-bond donors (Lipinski definition) is 2. The van der Waals surface area contributed by atoms with Gasteiger partial charge in [0.2, 0.25) is 0 Å². The molecule has 3 amide bonds. The van der Waals surface area contributed by atoms with Gasteiger partial charge in [-0.15, -0.1) is 11.3 Å². The zero-order chi connectivity index (χ0) is 19.7. The lowest BCUT2D eigenvalue weighted by Crippen LogP contribution is -2.37. The van der Waals surface area contributed by atoms with Crippen molar-refractivity contribution in [1.29, 1.82) is 0 Å². The fraction of sp³-hybridized carbons (Fsp3) is 0.250. The summed E-state index contributed by atoms with van der Waals surface area (Å²) in [6, 6.07) is 11.9. The first kappa shape index (κ1) is 18.7. The van der Waals surface area contributed by atoms with Crippen molar-refractivity contribution in [3.05, 3.63) is 58.1 Å². The number of anilines is 1. The van der Waals surface area contributed by atoms with Gasteiger partial charge in [-0.3, -0.25) is 4.79 Å². The zero-order valence-corrected chi connectivity index (χ0v) is 16.6. The number of urea groups is 1. The molecule has 1 saturated heterocycles. The van der Waals surface area contributed by atoms with Gasteiger partial charge >= 0.3 is 6.03 Å². The predicted octanol–water partition coefficient (Wildman–Crippen LogP) is 4.46. The molecule has 2 aromatic carbocycles. The van der Waals surface area contributed by atoms with Crippen LogP contribution in [0.1, 0.15) is 34.1 Å². The standard InChI is InChI=1S/C20H19ClN4O2S/c21-14-3-6-17-16(11-14)24-18(28-17)12-7-9-25(10-8-12)19(26)13-1-4-15(5-2-13)23-20(22)27/h1-6,11-12H,7-10H2,(H3,22,23,27). The van der Waals surface area contributed by atoms with E-state index in [-0.39, 0.29) is 5.91 Å². The maximum atomic E-state index is 12.7. The number of benzene rings is 2. The number of aromatic nitrogens is 1. The highest BCUT2D eigenvalue weighted by Gasteiger charge is 2.26. The Balaban J connectivity index is 1.40. The molecule has 0 atom stereocenters. The number of halogens is 1. The number of rotatable bonds is 3.